The molecule has 0 atom stereocenters. The van der Waals surface area contributed by atoms with Crippen LogP contribution in [0.3, 0.4) is 0 Å². The number of pyridine rings is 1. The van der Waals surface area contributed by atoms with Gasteiger partial charge in [0.05, 0.1) is 0 Å². The molecule has 0 saturated carbocycles. The summed E-state index contributed by atoms with van der Waals surface area (Å²) in [5.41, 5.74) is 9.10. The minimum absolute atomic E-state index is 0.622. The molecule has 4 heteroatoms. The van der Waals surface area contributed by atoms with Crippen molar-refractivity contribution < 1.29 is 0 Å². The average molecular weight is 290 g/mol. The first-order valence-corrected chi connectivity index (χ1v) is 7.17. The monoisotopic (exact) mass is 289 g/mol. The molecule has 20 heavy (non-hydrogen) atoms. The van der Waals surface area contributed by atoms with Gasteiger partial charge in [-0.15, -0.1) is 0 Å². The van der Waals surface area contributed by atoms with Crippen LogP contribution in [0.2, 0.25) is 5.02 Å². The third kappa shape index (κ3) is 3.95. The lowest BCUT2D eigenvalue weighted by Crippen LogP contribution is -2.20. The number of hydrogen-bond donors (Lipinski definition) is 1. The molecule has 2 N–H and O–H groups in total. The molecule has 3 nitrogen and oxygen atoms in total. The summed E-state index contributed by atoms with van der Waals surface area (Å²) in [5, 5.41) is 0.795. The lowest BCUT2D eigenvalue weighted by atomic mass is 10.1. The van der Waals surface area contributed by atoms with Gasteiger partial charge in [0.2, 0.25) is 0 Å². The molecule has 0 amide bonds. The van der Waals surface area contributed by atoms with Gasteiger partial charge in [-0.3, -0.25) is 4.98 Å². The van der Waals surface area contributed by atoms with Crippen molar-refractivity contribution in [1.82, 2.24) is 4.98 Å². The summed E-state index contributed by atoms with van der Waals surface area (Å²) in [7, 11) is 2.08. The Morgan fingerprint density at radius 3 is 2.55 bits per heavy atom. The van der Waals surface area contributed by atoms with Crippen molar-refractivity contribution in [2.75, 3.05) is 25.0 Å². The van der Waals surface area contributed by atoms with E-state index in [4.69, 9.17) is 17.3 Å². The fourth-order valence-corrected chi connectivity index (χ4v) is 2.38. The number of rotatable bonds is 6. The van der Waals surface area contributed by atoms with Crippen LogP contribution in [0.5, 0.6) is 0 Å². The van der Waals surface area contributed by atoms with Crippen molar-refractivity contribution in [3.8, 4) is 0 Å². The highest BCUT2D eigenvalue weighted by Gasteiger charge is 2.05. The number of anilines is 1. The SMILES string of the molecule is CN(CCc1ccncc1)c1ccc(CCN)c(Cl)c1. The van der Waals surface area contributed by atoms with Crippen molar-refractivity contribution in [3.63, 3.8) is 0 Å². The van der Waals surface area contributed by atoms with Gasteiger partial charge in [-0.2, -0.15) is 0 Å². The first kappa shape index (κ1) is 14.8. The molecule has 106 valence electrons. The molecule has 0 saturated heterocycles. The topological polar surface area (TPSA) is 42.2 Å². The molecule has 2 rings (SSSR count). The molecule has 0 aliphatic heterocycles. The van der Waals surface area contributed by atoms with Gasteiger partial charge >= 0.3 is 0 Å². The smallest absolute Gasteiger partial charge is 0.0459 e. The molecule has 0 aliphatic rings. The Bertz CT molecular complexity index is 543. The second kappa shape index (κ2) is 7.27. The van der Waals surface area contributed by atoms with Gasteiger partial charge in [0.1, 0.15) is 0 Å². The van der Waals surface area contributed by atoms with Crippen molar-refractivity contribution in [3.05, 3.63) is 58.9 Å². The fourth-order valence-electron chi connectivity index (χ4n) is 2.11. The number of halogens is 1. The Balaban J connectivity index is 1.98. The van der Waals surface area contributed by atoms with Gasteiger partial charge in [0.25, 0.3) is 0 Å². The highest BCUT2D eigenvalue weighted by molar-refractivity contribution is 6.31. The highest BCUT2D eigenvalue weighted by Crippen LogP contribution is 2.23. The molecule has 0 aliphatic carbocycles. The second-order valence-corrected chi connectivity index (χ2v) is 5.25. The molecule has 0 spiro atoms. The molecule has 0 bridgehead atoms. The number of aromatic nitrogens is 1. The number of likely N-dealkylation sites (N-methyl/N-ethyl adjacent to an activating group) is 1. The Morgan fingerprint density at radius 1 is 1.15 bits per heavy atom. The Labute approximate surface area is 125 Å². The number of benzene rings is 1. The summed E-state index contributed by atoms with van der Waals surface area (Å²) in [6.07, 6.45) is 5.46. The van der Waals surface area contributed by atoms with E-state index in [1.165, 1.54) is 5.56 Å². The van der Waals surface area contributed by atoms with Gasteiger partial charge in [-0.05, 0) is 54.8 Å². The van der Waals surface area contributed by atoms with Crippen LogP contribution in [0.1, 0.15) is 11.1 Å². The summed E-state index contributed by atoms with van der Waals surface area (Å²) in [4.78, 5) is 6.24. The maximum absolute atomic E-state index is 6.28. The Morgan fingerprint density at radius 2 is 1.90 bits per heavy atom. The minimum atomic E-state index is 0.622. The summed E-state index contributed by atoms with van der Waals surface area (Å²) < 4.78 is 0. The number of nitrogens with zero attached hydrogens (tertiary/aromatic N) is 2. The number of hydrogen-bond acceptors (Lipinski definition) is 3. The largest absolute Gasteiger partial charge is 0.374 e. The standard InChI is InChI=1S/C16H20ClN3/c1-20(11-7-13-5-9-19-10-6-13)15-3-2-14(4-8-18)16(17)12-15/h2-3,5-6,9-10,12H,4,7-8,11,18H2,1H3. The molecule has 1 aromatic carbocycles. The summed E-state index contributed by atoms with van der Waals surface area (Å²) in [6.45, 7) is 1.56. The van der Waals surface area contributed by atoms with E-state index in [0.29, 0.717) is 6.54 Å². The number of nitrogens with two attached hydrogens (primary N) is 1. The zero-order valence-electron chi connectivity index (χ0n) is 11.7. The van der Waals surface area contributed by atoms with E-state index in [0.717, 1.165) is 35.7 Å². The molecular weight excluding hydrogens is 270 g/mol. The molecule has 0 unspecified atom stereocenters. The average Bonchev–Trinajstić information content (AvgIpc) is 2.48. The second-order valence-electron chi connectivity index (χ2n) is 4.84. The summed E-state index contributed by atoms with van der Waals surface area (Å²) in [5.74, 6) is 0. The molecule has 1 aromatic heterocycles. The van der Waals surface area contributed by atoms with E-state index in [2.05, 4.69) is 29.1 Å². The maximum atomic E-state index is 6.28. The van der Waals surface area contributed by atoms with E-state index in [9.17, 15) is 0 Å². The van der Waals surface area contributed by atoms with Crippen LogP contribution in [0, 0.1) is 0 Å². The van der Waals surface area contributed by atoms with Gasteiger partial charge in [0.15, 0.2) is 0 Å². The van der Waals surface area contributed by atoms with Gasteiger partial charge < -0.3 is 10.6 Å². The molecule has 0 radical (unpaired) electrons. The van der Waals surface area contributed by atoms with E-state index in [-0.39, 0.29) is 0 Å². The van der Waals surface area contributed by atoms with Crippen molar-refractivity contribution in [1.29, 1.82) is 0 Å². The van der Waals surface area contributed by atoms with Crippen molar-refractivity contribution in [2.45, 2.75) is 12.8 Å². The quantitative estimate of drug-likeness (QED) is 0.889. The van der Waals surface area contributed by atoms with Crippen LogP contribution in [0.4, 0.5) is 5.69 Å². The van der Waals surface area contributed by atoms with Crippen LogP contribution in [0.25, 0.3) is 0 Å². The van der Waals surface area contributed by atoms with E-state index >= 15 is 0 Å². The Hall–Kier alpha value is -1.58. The maximum Gasteiger partial charge on any atom is 0.0459 e. The molecule has 2 aromatic rings. The first-order valence-electron chi connectivity index (χ1n) is 6.79. The van der Waals surface area contributed by atoms with E-state index in [1.807, 2.05) is 30.6 Å². The summed E-state index contributed by atoms with van der Waals surface area (Å²) >= 11 is 6.28. The van der Waals surface area contributed by atoms with Crippen LogP contribution in [0.15, 0.2) is 42.7 Å². The van der Waals surface area contributed by atoms with Gasteiger partial charge in [-0.1, -0.05) is 17.7 Å². The van der Waals surface area contributed by atoms with Gasteiger partial charge in [-0.25, -0.2) is 0 Å². The van der Waals surface area contributed by atoms with Crippen LogP contribution >= 0.6 is 11.6 Å². The van der Waals surface area contributed by atoms with Gasteiger partial charge in [0, 0.05) is 36.7 Å². The molecule has 1 heterocycles. The molecular formula is C16H20ClN3. The zero-order valence-corrected chi connectivity index (χ0v) is 12.5. The predicted molar refractivity (Wildman–Crippen MR) is 85.4 cm³/mol. The fraction of sp³-hybridized carbons (Fsp3) is 0.312. The third-order valence-electron chi connectivity index (χ3n) is 3.38. The Kier molecular flexibility index (Phi) is 5.39. The molecule has 0 fully saturated rings. The highest BCUT2D eigenvalue weighted by atomic mass is 35.5. The van der Waals surface area contributed by atoms with E-state index in [1.54, 1.807) is 0 Å². The minimum Gasteiger partial charge on any atom is -0.374 e. The lowest BCUT2D eigenvalue weighted by molar-refractivity contribution is 0.873. The third-order valence-corrected chi connectivity index (χ3v) is 3.73. The van der Waals surface area contributed by atoms with Crippen LogP contribution in [-0.2, 0) is 12.8 Å². The zero-order chi connectivity index (χ0) is 14.4. The van der Waals surface area contributed by atoms with Crippen LogP contribution in [-0.4, -0.2) is 25.1 Å². The lowest BCUT2D eigenvalue weighted by Gasteiger charge is -2.20. The van der Waals surface area contributed by atoms with E-state index < -0.39 is 0 Å². The van der Waals surface area contributed by atoms with Crippen molar-refractivity contribution in [2.24, 2.45) is 5.73 Å². The predicted octanol–water partition coefficient (Wildman–Crippen LogP) is 2.92. The van der Waals surface area contributed by atoms with Crippen LogP contribution < -0.4 is 10.6 Å². The van der Waals surface area contributed by atoms with Crippen molar-refractivity contribution >= 4 is 17.3 Å². The first-order chi connectivity index (χ1) is 9.70. The summed E-state index contributed by atoms with van der Waals surface area (Å²) in [6, 6.07) is 10.3. The normalized spacial score (nSPS) is 10.6.